The Kier molecular flexibility index (Phi) is 6.54. The van der Waals surface area contributed by atoms with Crippen LogP contribution in [0, 0.1) is 5.92 Å². The summed E-state index contributed by atoms with van der Waals surface area (Å²) in [6.07, 6.45) is 2.54. The standard InChI is InChI=1S/C19H25N5O2S/c20-8-7-17-23-16(12-27-17)19(26)22-15-5-3-13(4-6-15)10-24-9-1-2-14(11-24)18(21)25/h3-6,12,14H,1-2,7-11,20H2,(H2,21,25)(H,22,26). The van der Waals surface area contributed by atoms with Crippen LogP contribution in [0.4, 0.5) is 5.69 Å². The van der Waals surface area contributed by atoms with Gasteiger partial charge >= 0.3 is 0 Å². The van der Waals surface area contributed by atoms with Gasteiger partial charge in [0.05, 0.1) is 10.9 Å². The van der Waals surface area contributed by atoms with Crippen LogP contribution in [0.25, 0.3) is 0 Å². The topological polar surface area (TPSA) is 114 Å². The third-order valence-corrected chi connectivity index (χ3v) is 5.58. The SMILES string of the molecule is NCCc1nc(C(=O)Nc2ccc(CN3CCCC(C(N)=O)C3)cc2)cs1. The number of piperidine rings is 1. The molecule has 1 unspecified atom stereocenters. The molecule has 0 aliphatic carbocycles. The summed E-state index contributed by atoms with van der Waals surface area (Å²) < 4.78 is 0. The number of primary amides is 1. The zero-order chi connectivity index (χ0) is 19.2. The third-order valence-electron chi connectivity index (χ3n) is 4.67. The van der Waals surface area contributed by atoms with E-state index in [0.29, 0.717) is 25.2 Å². The Balaban J connectivity index is 1.55. The maximum absolute atomic E-state index is 12.3. The van der Waals surface area contributed by atoms with Crippen LogP contribution in [0.5, 0.6) is 0 Å². The number of nitrogens with two attached hydrogens (primary N) is 2. The summed E-state index contributed by atoms with van der Waals surface area (Å²) in [5, 5.41) is 5.49. The molecule has 8 heteroatoms. The highest BCUT2D eigenvalue weighted by Gasteiger charge is 2.23. The average molecular weight is 388 g/mol. The maximum atomic E-state index is 12.3. The molecule has 0 bridgehead atoms. The lowest BCUT2D eigenvalue weighted by Gasteiger charge is -2.31. The fraction of sp³-hybridized carbons (Fsp3) is 0.421. The molecule has 0 radical (unpaired) electrons. The van der Waals surface area contributed by atoms with E-state index in [0.717, 1.165) is 42.2 Å². The number of hydrogen-bond donors (Lipinski definition) is 3. The highest BCUT2D eigenvalue weighted by Crippen LogP contribution is 2.19. The molecule has 1 aromatic carbocycles. The zero-order valence-corrected chi connectivity index (χ0v) is 16.0. The van der Waals surface area contributed by atoms with E-state index in [2.05, 4.69) is 15.2 Å². The van der Waals surface area contributed by atoms with Gasteiger partial charge in [-0.2, -0.15) is 0 Å². The number of aromatic nitrogens is 1. The van der Waals surface area contributed by atoms with Crippen molar-refractivity contribution >= 4 is 28.8 Å². The first-order valence-corrected chi connectivity index (χ1v) is 9.99. The van der Waals surface area contributed by atoms with Crippen LogP contribution < -0.4 is 16.8 Å². The van der Waals surface area contributed by atoms with E-state index in [-0.39, 0.29) is 17.7 Å². The number of anilines is 1. The van der Waals surface area contributed by atoms with Crippen molar-refractivity contribution in [2.45, 2.75) is 25.8 Å². The van der Waals surface area contributed by atoms with E-state index >= 15 is 0 Å². The van der Waals surface area contributed by atoms with Crippen molar-refractivity contribution in [1.29, 1.82) is 0 Å². The summed E-state index contributed by atoms with van der Waals surface area (Å²) in [7, 11) is 0. The van der Waals surface area contributed by atoms with Crippen molar-refractivity contribution in [2.75, 3.05) is 25.0 Å². The molecule has 5 N–H and O–H groups in total. The van der Waals surface area contributed by atoms with Gasteiger partial charge in [-0.3, -0.25) is 14.5 Å². The third kappa shape index (κ3) is 5.35. The van der Waals surface area contributed by atoms with Gasteiger partial charge in [-0.1, -0.05) is 12.1 Å². The van der Waals surface area contributed by atoms with Crippen molar-refractivity contribution in [3.63, 3.8) is 0 Å². The van der Waals surface area contributed by atoms with Crippen molar-refractivity contribution < 1.29 is 9.59 Å². The van der Waals surface area contributed by atoms with Crippen LogP contribution in [0.2, 0.25) is 0 Å². The minimum absolute atomic E-state index is 0.0559. The smallest absolute Gasteiger partial charge is 0.275 e. The average Bonchev–Trinajstić information content (AvgIpc) is 3.13. The van der Waals surface area contributed by atoms with E-state index in [1.807, 2.05) is 24.3 Å². The van der Waals surface area contributed by atoms with Crippen molar-refractivity contribution in [2.24, 2.45) is 17.4 Å². The molecule has 2 amide bonds. The normalized spacial score (nSPS) is 17.6. The van der Waals surface area contributed by atoms with Gasteiger partial charge in [-0.15, -0.1) is 11.3 Å². The number of rotatable bonds is 7. The number of nitrogens with zero attached hydrogens (tertiary/aromatic N) is 2. The summed E-state index contributed by atoms with van der Waals surface area (Å²) in [4.78, 5) is 30.2. The number of likely N-dealkylation sites (tertiary alicyclic amines) is 1. The van der Waals surface area contributed by atoms with Crippen LogP contribution in [0.15, 0.2) is 29.6 Å². The number of carbonyl (C=O) groups is 2. The fourth-order valence-corrected chi connectivity index (χ4v) is 4.03. The molecule has 1 aliphatic rings. The molecule has 1 fully saturated rings. The first-order chi connectivity index (χ1) is 13.0. The maximum Gasteiger partial charge on any atom is 0.275 e. The van der Waals surface area contributed by atoms with Crippen molar-refractivity contribution in [3.05, 3.63) is 45.9 Å². The molecule has 1 atom stereocenters. The molecule has 2 aromatic rings. The Morgan fingerprint density at radius 1 is 1.30 bits per heavy atom. The van der Waals surface area contributed by atoms with Crippen LogP contribution in [0.1, 0.15) is 33.9 Å². The monoisotopic (exact) mass is 387 g/mol. The van der Waals surface area contributed by atoms with Gasteiger partial charge in [0, 0.05) is 30.6 Å². The number of carbonyl (C=O) groups excluding carboxylic acids is 2. The van der Waals surface area contributed by atoms with E-state index in [4.69, 9.17) is 11.5 Å². The predicted molar refractivity (Wildman–Crippen MR) is 106 cm³/mol. The van der Waals surface area contributed by atoms with Gasteiger partial charge in [0.25, 0.3) is 5.91 Å². The zero-order valence-electron chi connectivity index (χ0n) is 15.2. The second kappa shape index (κ2) is 9.07. The minimum Gasteiger partial charge on any atom is -0.369 e. The Labute approximate surface area is 162 Å². The second-order valence-corrected chi connectivity index (χ2v) is 7.74. The van der Waals surface area contributed by atoms with Gasteiger partial charge in [0.1, 0.15) is 5.69 Å². The molecule has 0 saturated carbocycles. The lowest BCUT2D eigenvalue weighted by molar-refractivity contribution is -0.123. The highest BCUT2D eigenvalue weighted by atomic mass is 32.1. The number of nitrogens with one attached hydrogen (secondary N) is 1. The summed E-state index contributed by atoms with van der Waals surface area (Å²) in [5.41, 5.74) is 13.2. The quantitative estimate of drug-likeness (QED) is 0.667. The molecular weight excluding hydrogens is 362 g/mol. The number of thiazole rings is 1. The molecule has 1 saturated heterocycles. The first kappa shape index (κ1) is 19.5. The van der Waals surface area contributed by atoms with E-state index < -0.39 is 0 Å². The summed E-state index contributed by atoms with van der Waals surface area (Å²) in [6.45, 7) is 2.97. The molecule has 144 valence electrons. The van der Waals surface area contributed by atoms with E-state index in [1.165, 1.54) is 11.3 Å². The molecule has 0 spiro atoms. The van der Waals surface area contributed by atoms with Gasteiger partial charge < -0.3 is 16.8 Å². The highest BCUT2D eigenvalue weighted by molar-refractivity contribution is 7.09. The predicted octanol–water partition coefficient (Wildman–Crippen LogP) is 1.59. The van der Waals surface area contributed by atoms with Crippen LogP contribution in [0.3, 0.4) is 0 Å². The second-order valence-electron chi connectivity index (χ2n) is 6.79. The van der Waals surface area contributed by atoms with Crippen LogP contribution >= 0.6 is 11.3 Å². The Morgan fingerprint density at radius 2 is 2.07 bits per heavy atom. The Hall–Kier alpha value is -2.29. The van der Waals surface area contributed by atoms with E-state index in [9.17, 15) is 9.59 Å². The van der Waals surface area contributed by atoms with Gasteiger partial charge in [-0.25, -0.2) is 4.98 Å². The van der Waals surface area contributed by atoms with Crippen molar-refractivity contribution in [1.82, 2.24) is 9.88 Å². The van der Waals surface area contributed by atoms with Gasteiger partial charge in [0.15, 0.2) is 0 Å². The fourth-order valence-electron chi connectivity index (χ4n) is 3.23. The summed E-state index contributed by atoms with van der Waals surface area (Å²) >= 11 is 1.45. The van der Waals surface area contributed by atoms with Gasteiger partial charge in [0.2, 0.25) is 5.91 Å². The number of hydrogen-bond acceptors (Lipinski definition) is 6. The van der Waals surface area contributed by atoms with Crippen molar-refractivity contribution in [3.8, 4) is 0 Å². The molecule has 1 aliphatic heterocycles. The van der Waals surface area contributed by atoms with E-state index in [1.54, 1.807) is 5.38 Å². The lowest BCUT2D eigenvalue weighted by atomic mass is 9.97. The number of benzene rings is 1. The first-order valence-electron chi connectivity index (χ1n) is 9.11. The summed E-state index contributed by atoms with van der Waals surface area (Å²) in [5.74, 6) is -0.489. The largest absolute Gasteiger partial charge is 0.369 e. The molecule has 2 heterocycles. The molecule has 1 aromatic heterocycles. The molecule has 27 heavy (non-hydrogen) atoms. The van der Waals surface area contributed by atoms with Crippen LogP contribution in [-0.2, 0) is 17.8 Å². The molecule has 7 nitrogen and oxygen atoms in total. The van der Waals surface area contributed by atoms with Gasteiger partial charge in [-0.05, 0) is 43.6 Å². The Morgan fingerprint density at radius 3 is 2.78 bits per heavy atom. The summed E-state index contributed by atoms with van der Waals surface area (Å²) in [6, 6.07) is 7.75. The molecule has 3 rings (SSSR count). The minimum atomic E-state index is -0.220. The Bertz CT molecular complexity index is 790. The number of amides is 2. The van der Waals surface area contributed by atoms with Crippen LogP contribution in [-0.4, -0.2) is 41.3 Å². The lowest BCUT2D eigenvalue weighted by Crippen LogP contribution is -2.40. The molecular formula is C19H25N5O2S.